The van der Waals surface area contributed by atoms with Gasteiger partial charge in [0.15, 0.2) is 0 Å². The molecule has 2 aromatic carbocycles. The fraction of sp³-hybridized carbons (Fsp3) is 0.222. The van der Waals surface area contributed by atoms with Gasteiger partial charge in [-0.15, -0.1) is 10.2 Å². The molecule has 0 fully saturated rings. The maximum Gasteiger partial charge on any atom is 0.416 e. The predicted molar refractivity (Wildman–Crippen MR) is 92.1 cm³/mol. The summed E-state index contributed by atoms with van der Waals surface area (Å²) in [7, 11) is 1.83. The van der Waals surface area contributed by atoms with Gasteiger partial charge in [-0.1, -0.05) is 12.1 Å². The van der Waals surface area contributed by atoms with Gasteiger partial charge in [-0.25, -0.2) is 0 Å². The summed E-state index contributed by atoms with van der Waals surface area (Å²) in [4.78, 5) is 0. The van der Waals surface area contributed by atoms with E-state index in [0.29, 0.717) is 41.7 Å². The van der Waals surface area contributed by atoms with E-state index in [1.807, 2.05) is 25.2 Å². The summed E-state index contributed by atoms with van der Waals surface area (Å²) in [5, 5.41) is 14.2. The van der Waals surface area contributed by atoms with Crippen LogP contribution in [0.3, 0.4) is 0 Å². The van der Waals surface area contributed by atoms with Crippen LogP contribution >= 0.6 is 0 Å². The molecular weight excluding hydrogens is 345 g/mol. The molecule has 3 rings (SSSR count). The van der Waals surface area contributed by atoms with Gasteiger partial charge in [-0.3, -0.25) is 0 Å². The van der Waals surface area contributed by atoms with Crippen LogP contribution in [-0.2, 0) is 12.6 Å². The van der Waals surface area contributed by atoms with Crippen molar-refractivity contribution in [3.8, 4) is 11.5 Å². The Morgan fingerprint density at radius 2 is 1.73 bits per heavy atom. The second kappa shape index (κ2) is 7.57. The van der Waals surface area contributed by atoms with Crippen LogP contribution in [0.5, 0.6) is 0 Å². The topological polar surface area (TPSA) is 63.0 Å². The number of halogens is 3. The van der Waals surface area contributed by atoms with Crippen LogP contribution in [0, 0.1) is 0 Å². The second-order valence-electron chi connectivity index (χ2n) is 5.60. The van der Waals surface area contributed by atoms with Crippen molar-refractivity contribution in [2.24, 2.45) is 0 Å². The molecule has 0 unspecified atom stereocenters. The number of nitrogens with one attached hydrogen (secondary N) is 2. The zero-order valence-corrected chi connectivity index (χ0v) is 14.0. The number of nitrogens with zero attached hydrogens (tertiary/aromatic N) is 2. The van der Waals surface area contributed by atoms with Crippen LogP contribution in [0.4, 0.5) is 24.5 Å². The molecule has 0 aliphatic carbocycles. The highest BCUT2D eigenvalue weighted by Gasteiger charge is 2.29. The Hall–Kier alpha value is -2.87. The molecule has 3 aromatic rings. The number of alkyl halides is 3. The summed E-state index contributed by atoms with van der Waals surface area (Å²) in [5.41, 5.74) is 1.18. The first-order valence-corrected chi connectivity index (χ1v) is 7.98. The fourth-order valence-corrected chi connectivity index (χ4v) is 2.37. The van der Waals surface area contributed by atoms with Gasteiger partial charge < -0.3 is 15.1 Å². The largest absolute Gasteiger partial charge is 0.421 e. The Morgan fingerprint density at radius 1 is 1.00 bits per heavy atom. The van der Waals surface area contributed by atoms with E-state index in [4.69, 9.17) is 4.42 Å². The van der Waals surface area contributed by atoms with Crippen LogP contribution in [0.2, 0.25) is 0 Å². The molecule has 0 aliphatic rings. The Morgan fingerprint density at radius 3 is 2.42 bits per heavy atom. The lowest BCUT2D eigenvalue weighted by Gasteiger charge is -2.11. The van der Waals surface area contributed by atoms with E-state index in [9.17, 15) is 13.2 Å². The van der Waals surface area contributed by atoms with Gasteiger partial charge >= 0.3 is 6.18 Å². The third kappa shape index (κ3) is 4.20. The third-order valence-corrected chi connectivity index (χ3v) is 3.70. The predicted octanol–water partition coefficient (Wildman–Crippen LogP) is 4.26. The van der Waals surface area contributed by atoms with Crippen LogP contribution < -0.4 is 10.6 Å². The molecule has 0 amide bonds. The van der Waals surface area contributed by atoms with E-state index in [1.165, 1.54) is 12.1 Å². The van der Waals surface area contributed by atoms with Crippen molar-refractivity contribution in [3.05, 3.63) is 60.0 Å². The van der Waals surface area contributed by atoms with Crippen LogP contribution in [0.25, 0.3) is 11.5 Å². The molecule has 136 valence electrons. The van der Waals surface area contributed by atoms with Gasteiger partial charge in [0.25, 0.3) is 0 Å². The highest BCUT2D eigenvalue weighted by Crippen LogP contribution is 2.32. The van der Waals surface area contributed by atoms with Crippen molar-refractivity contribution in [3.63, 3.8) is 0 Å². The highest BCUT2D eigenvalue weighted by molar-refractivity contribution is 5.76. The Balaban J connectivity index is 1.82. The van der Waals surface area contributed by atoms with Gasteiger partial charge in [0, 0.05) is 18.7 Å². The number of para-hydroxylation sites is 1. The van der Waals surface area contributed by atoms with E-state index in [2.05, 4.69) is 20.8 Å². The minimum atomic E-state index is -4.36. The van der Waals surface area contributed by atoms with E-state index >= 15 is 0 Å². The van der Waals surface area contributed by atoms with Crippen molar-refractivity contribution in [1.82, 2.24) is 15.5 Å². The minimum Gasteiger partial charge on any atom is -0.421 e. The molecule has 0 saturated heterocycles. The lowest BCUT2D eigenvalue weighted by Crippen LogP contribution is -2.10. The lowest BCUT2D eigenvalue weighted by atomic mass is 10.1. The second-order valence-corrected chi connectivity index (χ2v) is 5.60. The number of hydrogen-bond donors (Lipinski definition) is 2. The molecule has 1 aromatic heterocycles. The zero-order chi connectivity index (χ0) is 18.6. The summed E-state index contributed by atoms with van der Waals surface area (Å²) in [5.74, 6) is 0.866. The summed E-state index contributed by atoms with van der Waals surface area (Å²) in [6.07, 6.45) is -3.75. The molecule has 5 nitrogen and oxygen atoms in total. The third-order valence-electron chi connectivity index (χ3n) is 3.70. The molecule has 8 heteroatoms. The van der Waals surface area contributed by atoms with Crippen molar-refractivity contribution in [2.45, 2.75) is 12.6 Å². The first-order chi connectivity index (χ1) is 12.5. The van der Waals surface area contributed by atoms with E-state index in [0.717, 1.165) is 12.1 Å². The smallest absolute Gasteiger partial charge is 0.416 e. The molecule has 0 radical (unpaired) electrons. The number of aromatic nitrogens is 2. The fourth-order valence-electron chi connectivity index (χ4n) is 2.37. The van der Waals surface area contributed by atoms with Crippen molar-refractivity contribution >= 4 is 11.4 Å². The molecule has 0 atom stereocenters. The minimum absolute atomic E-state index is 0.353. The molecule has 0 bridgehead atoms. The molecule has 0 aliphatic heterocycles. The van der Waals surface area contributed by atoms with Crippen LogP contribution in [0.15, 0.2) is 52.9 Å². The van der Waals surface area contributed by atoms with Crippen LogP contribution in [-0.4, -0.2) is 23.8 Å². The van der Waals surface area contributed by atoms with Crippen molar-refractivity contribution in [1.29, 1.82) is 0 Å². The first-order valence-electron chi connectivity index (χ1n) is 7.98. The number of hydrogen-bond acceptors (Lipinski definition) is 5. The van der Waals surface area contributed by atoms with Gasteiger partial charge in [-0.2, -0.15) is 13.2 Å². The van der Waals surface area contributed by atoms with E-state index < -0.39 is 11.7 Å². The average Bonchev–Trinajstić information content (AvgIpc) is 3.09. The Labute approximate surface area is 148 Å². The van der Waals surface area contributed by atoms with E-state index in [1.54, 1.807) is 6.07 Å². The number of benzene rings is 2. The molecule has 0 saturated carbocycles. The standard InChI is InChI=1S/C18H17F3N4O/c1-22-11-10-16-24-25-17(26-16)14-4-2-3-5-15(14)23-13-8-6-12(7-9-13)18(19,20)21/h2-9,22-23H,10-11H2,1H3. The molecule has 1 heterocycles. The normalized spacial score (nSPS) is 11.5. The lowest BCUT2D eigenvalue weighted by molar-refractivity contribution is -0.137. The average molecular weight is 362 g/mol. The highest BCUT2D eigenvalue weighted by atomic mass is 19.4. The molecule has 26 heavy (non-hydrogen) atoms. The SMILES string of the molecule is CNCCc1nnc(-c2ccccc2Nc2ccc(C(F)(F)F)cc2)o1. The first kappa shape index (κ1) is 17.9. The van der Waals surface area contributed by atoms with E-state index in [-0.39, 0.29) is 0 Å². The maximum atomic E-state index is 12.7. The summed E-state index contributed by atoms with van der Waals surface area (Å²) in [6, 6.07) is 12.1. The zero-order valence-electron chi connectivity index (χ0n) is 14.0. The van der Waals surface area contributed by atoms with Crippen molar-refractivity contribution in [2.75, 3.05) is 18.9 Å². The maximum absolute atomic E-state index is 12.7. The molecular formula is C18H17F3N4O. The number of rotatable bonds is 6. The monoisotopic (exact) mass is 362 g/mol. The van der Waals surface area contributed by atoms with Crippen LogP contribution in [0.1, 0.15) is 11.5 Å². The summed E-state index contributed by atoms with van der Waals surface area (Å²) < 4.78 is 43.7. The van der Waals surface area contributed by atoms with Gasteiger partial charge in [0.1, 0.15) is 0 Å². The number of likely N-dealkylation sites (N-methyl/N-ethyl adjacent to an activating group) is 1. The summed E-state index contributed by atoms with van der Waals surface area (Å²) in [6.45, 7) is 0.715. The van der Waals surface area contributed by atoms with Gasteiger partial charge in [0.2, 0.25) is 11.8 Å². The Kier molecular flexibility index (Phi) is 5.22. The van der Waals surface area contributed by atoms with Crippen molar-refractivity contribution < 1.29 is 17.6 Å². The molecule has 2 N–H and O–H groups in total. The number of anilines is 2. The van der Waals surface area contributed by atoms with Gasteiger partial charge in [0.05, 0.1) is 16.8 Å². The molecule has 0 spiro atoms. The summed E-state index contributed by atoms with van der Waals surface area (Å²) >= 11 is 0. The quantitative estimate of drug-likeness (QED) is 0.686. The van der Waals surface area contributed by atoms with Gasteiger partial charge in [-0.05, 0) is 43.4 Å². The Bertz CT molecular complexity index is 859.